The van der Waals surface area contributed by atoms with Crippen LogP contribution in [-0.2, 0) is 36.3 Å². The number of benzene rings is 4. The van der Waals surface area contributed by atoms with Crippen LogP contribution in [0.5, 0.6) is 11.5 Å². The SMILES string of the molecule is CC(C)(C)[Si](C)(C)O[C@@H](CNCCN(C(=O)CCOCCc1cccc(CCN2C[C@H]3CC(OC(=O)Nc4ccccc4-c4ccccc4)C[C@H]3C2)c1)C1CC1)c1ccc(O)c2c1OCC(=O)N2. The van der Waals surface area contributed by atoms with Crippen molar-refractivity contribution in [3.63, 3.8) is 0 Å². The molecule has 4 aliphatic rings. The molecular formula is C54H71N5O8Si. The van der Waals surface area contributed by atoms with E-state index in [1.165, 1.54) is 11.1 Å². The highest BCUT2D eigenvalue weighted by atomic mass is 28.4. The Hall–Kier alpha value is -5.25. The van der Waals surface area contributed by atoms with Gasteiger partial charge in [-0.15, -0.1) is 0 Å². The Bertz CT molecular complexity index is 2360. The summed E-state index contributed by atoms with van der Waals surface area (Å²) in [6.45, 7) is 16.5. The summed E-state index contributed by atoms with van der Waals surface area (Å²) in [5, 5.41) is 19.8. The second-order valence-electron chi connectivity index (χ2n) is 20.6. The van der Waals surface area contributed by atoms with E-state index in [9.17, 15) is 19.5 Å². The molecule has 0 bridgehead atoms. The minimum Gasteiger partial charge on any atom is -0.506 e. The van der Waals surface area contributed by atoms with Gasteiger partial charge in [0.05, 0.1) is 31.4 Å². The third-order valence-corrected chi connectivity index (χ3v) is 19.0. The number of fused-ring (bicyclic) bond motifs is 2. The fourth-order valence-corrected chi connectivity index (χ4v) is 11.0. The van der Waals surface area contributed by atoms with Gasteiger partial charge in [-0.05, 0) is 103 Å². The molecule has 0 radical (unpaired) electrons. The zero-order valence-electron chi connectivity index (χ0n) is 40.6. The molecule has 4 atom stereocenters. The number of para-hydroxylation sites is 1. The Balaban J connectivity index is 0.729. The second kappa shape index (κ2) is 22.0. The molecule has 4 N–H and O–H groups in total. The van der Waals surface area contributed by atoms with Crippen molar-refractivity contribution in [3.05, 3.63) is 108 Å². The lowest BCUT2D eigenvalue weighted by Gasteiger charge is -2.40. The number of rotatable bonds is 21. The lowest BCUT2D eigenvalue weighted by atomic mass is 10.0. The summed E-state index contributed by atoms with van der Waals surface area (Å²) in [5.41, 5.74) is 6.38. The van der Waals surface area contributed by atoms with Gasteiger partial charge in [-0.1, -0.05) is 93.6 Å². The van der Waals surface area contributed by atoms with Crippen molar-refractivity contribution < 1.29 is 38.1 Å². The summed E-state index contributed by atoms with van der Waals surface area (Å²) in [6, 6.07) is 30.3. The molecule has 14 heteroatoms. The van der Waals surface area contributed by atoms with Crippen LogP contribution in [-0.4, -0.2) is 112 Å². The zero-order chi connectivity index (χ0) is 47.8. The van der Waals surface area contributed by atoms with Crippen molar-refractivity contribution in [1.82, 2.24) is 15.1 Å². The van der Waals surface area contributed by atoms with Crippen LogP contribution in [0.4, 0.5) is 16.2 Å². The van der Waals surface area contributed by atoms with E-state index in [0.717, 1.165) is 80.5 Å². The molecular weight excluding hydrogens is 875 g/mol. The van der Waals surface area contributed by atoms with Crippen LogP contribution in [0.25, 0.3) is 11.1 Å². The fourth-order valence-electron chi connectivity index (χ4n) is 9.70. The average Bonchev–Trinajstić information content (AvgIpc) is 3.98. The Labute approximate surface area is 403 Å². The molecule has 0 aromatic heterocycles. The molecule has 2 aliphatic carbocycles. The Morgan fingerprint density at radius 1 is 0.926 bits per heavy atom. The molecule has 4 aromatic rings. The molecule has 8 rings (SSSR count). The van der Waals surface area contributed by atoms with E-state index in [-0.39, 0.29) is 53.1 Å². The van der Waals surface area contributed by atoms with Gasteiger partial charge < -0.3 is 44.2 Å². The molecule has 0 spiro atoms. The first-order chi connectivity index (χ1) is 32.7. The number of nitrogens with one attached hydrogen (secondary N) is 3. The van der Waals surface area contributed by atoms with E-state index in [1.54, 1.807) is 6.07 Å². The van der Waals surface area contributed by atoms with E-state index < -0.39 is 14.4 Å². The minimum atomic E-state index is -2.25. The molecule has 68 heavy (non-hydrogen) atoms. The first kappa shape index (κ1) is 49.2. The topological polar surface area (TPSA) is 151 Å². The van der Waals surface area contributed by atoms with Gasteiger partial charge >= 0.3 is 6.09 Å². The number of phenolic OH excluding ortho intramolecular Hbond substituents is 1. The Kier molecular flexibility index (Phi) is 15.9. The standard InChI is InChI=1S/C54H71N5O8Si/c1-54(2,3)68(4,5)67-48(45-20-21-47(60)51-52(45)65-36-49(61)57-51)33-55-25-27-59(42-18-19-42)50(62)24-29-64-28-23-38-13-11-12-37(30-38)22-26-58-34-40-31-43(32-41(40)35-58)66-53(63)56-46-17-10-9-16-44(46)39-14-7-6-8-15-39/h6-17,20-21,30,40-43,48,55,60H,18-19,22-29,31-36H2,1-5H3,(H,56,63)(H,57,61)/t40-,41+,43?,48-/m0/s1. The Morgan fingerprint density at radius 2 is 1.65 bits per heavy atom. The maximum atomic E-state index is 13.5. The third kappa shape index (κ3) is 12.7. The lowest BCUT2D eigenvalue weighted by Crippen LogP contribution is -2.44. The summed E-state index contributed by atoms with van der Waals surface area (Å²) in [5.74, 6) is 1.28. The highest BCUT2D eigenvalue weighted by Crippen LogP contribution is 2.46. The number of amides is 3. The summed E-state index contributed by atoms with van der Waals surface area (Å²) >= 11 is 0. The smallest absolute Gasteiger partial charge is 0.411 e. The van der Waals surface area contributed by atoms with Gasteiger partial charge in [0, 0.05) is 56.4 Å². The van der Waals surface area contributed by atoms with Crippen molar-refractivity contribution in [2.75, 3.05) is 69.7 Å². The number of hydrogen-bond acceptors (Lipinski definition) is 10. The number of hydrogen-bond donors (Lipinski definition) is 4. The van der Waals surface area contributed by atoms with E-state index >= 15 is 0 Å². The molecule has 364 valence electrons. The van der Waals surface area contributed by atoms with Crippen LogP contribution >= 0.6 is 0 Å². The molecule has 2 heterocycles. The largest absolute Gasteiger partial charge is 0.506 e. The summed E-state index contributed by atoms with van der Waals surface area (Å²) < 4.78 is 24.8. The van der Waals surface area contributed by atoms with E-state index in [4.69, 9.17) is 18.6 Å². The van der Waals surface area contributed by atoms with E-state index in [0.29, 0.717) is 56.9 Å². The number of carbonyl (C=O) groups excluding carboxylic acids is 3. The average molecular weight is 946 g/mol. The van der Waals surface area contributed by atoms with Crippen molar-refractivity contribution in [2.24, 2.45) is 11.8 Å². The molecule has 2 saturated carbocycles. The number of aromatic hydroxyl groups is 1. The molecule has 4 aromatic carbocycles. The molecule has 1 saturated heterocycles. The van der Waals surface area contributed by atoms with Crippen molar-refractivity contribution in [2.45, 2.75) is 102 Å². The number of carbonyl (C=O) groups is 3. The number of nitrogens with zero attached hydrogens (tertiary/aromatic N) is 2. The van der Waals surface area contributed by atoms with Gasteiger partial charge in [-0.25, -0.2) is 4.79 Å². The van der Waals surface area contributed by atoms with Crippen LogP contribution in [0.3, 0.4) is 0 Å². The minimum absolute atomic E-state index is 0.0434. The Morgan fingerprint density at radius 3 is 2.38 bits per heavy atom. The van der Waals surface area contributed by atoms with Crippen LogP contribution in [0.15, 0.2) is 91.0 Å². The predicted molar refractivity (Wildman–Crippen MR) is 269 cm³/mol. The molecule has 1 unspecified atom stereocenters. The van der Waals surface area contributed by atoms with Gasteiger partial charge in [0.1, 0.15) is 17.5 Å². The van der Waals surface area contributed by atoms with Gasteiger partial charge in [0.25, 0.3) is 5.91 Å². The second-order valence-corrected chi connectivity index (χ2v) is 25.4. The third-order valence-electron chi connectivity index (χ3n) is 14.5. The number of anilines is 2. The summed E-state index contributed by atoms with van der Waals surface area (Å²) in [7, 11) is -2.25. The van der Waals surface area contributed by atoms with Crippen molar-refractivity contribution in [1.29, 1.82) is 0 Å². The van der Waals surface area contributed by atoms with Gasteiger partial charge in [-0.3, -0.25) is 14.9 Å². The van der Waals surface area contributed by atoms with E-state index in [1.807, 2.05) is 65.6 Å². The quantitative estimate of drug-likeness (QED) is 0.0362. The zero-order valence-corrected chi connectivity index (χ0v) is 41.6. The number of ether oxygens (including phenoxy) is 3. The van der Waals surface area contributed by atoms with Crippen molar-refractivity contribution in [3.8, 4) is 22.6 Å². The summed E-state index contributed by atoms with van der Waals surface area (Å²) in [6.07, 6.45) is 5.14. The first-order valence-corrected chi connectivity index (χ1v) is 27.6. The predicted octanol–water partition coefficient (Wildman–Crippen LogP) is 9.18. The number of likely N-dealkylation sites (tertiary alicyclic amines) is 1. The van der Waals surface area contributed by atoms with Crippen LogP contribution < -0.4 is 20.7 Å². The van der Waals surface area contributed by atoms with Gasteiger partial charge in [0.2, 0.25) is 5.91 Å². The molecule has 3 fully saturated rings. The maximum Gasteiger partial charge on any atom is 0.411 e. The van der Waals surface area contributed by atoms with Crippen LogP contribution in [0.1, 0.15) is 75.7 Å². The molecule has 13 nitrogen and oxygen atoms in total. The highest BCUT2D eigenvalue weighted by molar-refractivity contribution is 6.74. The number of phenols is 1. The maximum absolute atomic E-state index is 13.5. The molecule has 2 aliphatic heterocycles. The van der Waals surface area contributed by atoms with Gasteiger partial charge in [-0.2, -0.15) is 0 Å². The van der Waals surface area contributed by atoms with Crippen molar-refractivity contribution >= 4 is 37.6 Å². The van der Waals surface area contributed by atoms with Crippen LogP contribution in [0.2, 0.25) is 18.1 Å². The molecule has 3 amide bonds. The fraction of sp³-hybridized carbons (Fsp3) is 0.500. The first-order valence-electron chi connectivity index (χ1n) is 24.7. The van der Waals surface area contributed by atoms with Gasteiger partial charge in [0.15, 0.2) is 20.7 Å². The monoisotopic (exact) mass is 946 g/mol. The highest BCUT2D eigenvalue weighted by Gasteiger charge is 2.43. The summed E-state index contributed by atoms with van der Waals surface area (Å²) in [4.78, 5) is 43.1. The van der Waals surface area contributed by atoms with Crippen LogP contribution in [0, 0.1) is 11.8 Å². The normalized spacial score (nSPS) is 19.7. The lowest BCUT2D eigenvalue weighted by molar-refractivity contribution is -0.132. The van der Waals surface area contributed by atoms with E-state index in [2.05, 4.69) is 79.0 Å².